The van der Waals surface area contributed by atoms with E-state index in [-0.39, 0.29) is 0 Å². The molecule has 0 bridgehead atoms. The molecule has 0 nitrogen and oxygen atoms in total. The Morgan fingerprint density at radius 3 is 2.17 bits per heavy atom. The molecule has 4 aliphatic rings. The quantitative estimate of drug-likeness (QED) is 0.403. The van der Waals surface area contributed by atoms with E-state index in [2.05, 4.69) is 62.0 Å². The minimum Gasteiger partial charge on any atom is -0.0996 e. The molecule has 0 heteroatoms. The maximum atomic E-state index is 4.63. The van der Waals surface area contributed by atoms with Crippen LogP contribution >= 0.6 is 0 Å². The highest BCUT2D eigenvalue weighted by Gasteiger charge is 2.69. The molecule has 0 N–H and O–H groups in total. The summed E-state index contributed by atoms with van der Waals surface area (Å²) in [4.78, 5) is 0. The molecule has 0 aromatic rings. The van der Waals surface area contributed by atoms with E-state index < -0.39 is 0 Å². The van der Waals surface area contributed by atoms with Crippen LogP contribution in [0.4, 0.5) is 0 Å². The zero-order valence-electron chi connectivity index (χ0n) is 21.7. The van der Waals surface area contributed by atoms with E-state index in [1.54, 1.807) is 5.57 Å². The molecular formula is C30H52. The van der Waals surface area contributed by atoms with Gasteiger partial charge in [-0.1, -0.05) is 80.4 Å². The van der Waals surface area contributed by atoms with Crippen LogP contribution in [0.2, 0.25) is 0 Å². The van der Waals surface area contributed by atoms with E-state index in [0.717, 1.165) is 35.5 Å². The summed E-state index contributed by atoms with van der Waals surface area (Å²) in [6.45, 7) is 25.6. The summed E-state index contributed by atoms with van der Waals surface area (Å²) < 4.78 is 0. The summed E-state index contributed by atoms with van der Waals surface area (Å²) in [7, 11) is 0. The first-order valence-electron chi connectivity index (χ1n) is 13.6. The summed E-state index contributed by atoms with van der Waals surface area (Å²) in [6, 6.07) is 0. The third kappa shape index (κ3) is 2.83. The van der Waals surface area contributed by atoms with Crippen molar-refractivity contribution in [3.05, 3.63) is 12.2 Å². The van der Waals surface area contributed by atoms with Gasteiger partial charge >= 0.3 is 0 Å². The zero-order chi connectivity index (χ0) is 22.1. The van der Waals surface area contributed by atoms with E-state index in [1.807, 2.05) is 0 Å². The molecule has 0 spiro atoms. The van der Waals surface area contributed by atoms with Crippen molar-refractivity contribution in [2.45, 2.75) is 120 Å². The minimum absolute atomic E-state index is 0.510. The van der Waals surface area contributed by atoms with Crippen LogP contribution < -0.4 is 0 Å². The fourth-order valence-electron chi connectivity index (χ4n) is 11.0. The van der Waals surface area contributed by atoms with Gasteiger partial charge in [0.15, 0.2) is 0 Å². The van der Waals surface area contributed by atoms with Crippen molar-refractivity contribution in [2.75, 3.05) is 0 Å². The summed E-state index contributed by atoms with van der Waals surface area (Å²) in [5.74, 6) is 5.28. The Balaban J connectivity index is 1.71. The van der Waals surface area contributed by atoms with Crippen LogP contribution in [-0.2, 0) is 0 Å². The van der Waals surface area contributed by atoms with Crippen molar-refractivity contribution in [3.63, 3.8) is 0 Å². The monoisotopic (exact) mass is 412 g/mol. The lowest BCUT2D eigenvalue weighted by atomic mass is 9.34. The molecule has 4 rings (SSSR count). The van der Waals surface area contributed by atoms with E-state index in [9.17, 15) is 0 Å². The van der Waals surface area contributed by atoms with E-state index in [1.165, 1.54) is 64.2 Å². The molecule has 0 saturated heterocycles. The summed E-state index contributed by atoms with van der Waals surface area (Å²) >= 11 is 0. The van der Waals surface area contributed by atoms with Crippen molar-refractivity contribution in [1.82, 2.24) is 0 Å². The molecule has 4 saturated carbocycles. The molecule has 0 aromatic heterocycles. The fourth-order valence-corrected chi connectivity index (χ4v) is 11.0. The molecular weight excluding hydrogens is 360 g/mol. The van der Waals surface area contributed by atoms with E-state index >= 15 is 0 Å². The van der Waals surface area contributed by atoms with Gasteiger partial charge in [-0.15, -0.1) is 0 Å². The Bertz CT molecular complexity index is 672. The Kier molecular flexibility index (Phi) is 5.64. The van der Waals surface area contributed by atoms with Gasteiger partial charge in [0, 0.05) is 0 Å². The largest absolute Gasteiger partial charge is 0.0996 e. The lowest BCUT2D eigenvalue weighted by molar-refractivity contribution is -0.223. The average molecular weight is 413 g/mol. The van der Waals surface area contributed by atoms with Crippen molar-refractivity contribution in [1.29, 1.82) is 0 Å². The molecule has 0 aromatic carbocycles. The molecule has 4 fully saturated rings. The van der Waals surface area contributed by atoms with Gasteiger partial charge in [0.1, 0.15) is 0 Å². The second kappa shape index (κ2) is 7.38. The van der Waals surface area contributed by atoms with Crippen molar-refractivity contribution >= 4 is 0 Å². The van der Waals surface area contributed by atoms with Crippen molar-refractivity contribution in [2.24, 2.45) is 57.2 Å². The topological polar surface area (TPSA) is 0 Å². The average Bonchev–Trinajstić information content (AvgIpc) is 3.04. The summed E-state index contributed by atoms with van der Waals surface area (Å²) in [6.07, 6.45) is 14.1. The first-order chi connectivity index (χ1) is 14.0. The molecule has 0 heterocycles. The predicted octanol–water partition coefficient (Wildman–Crippen LogP) is 9.30. The smallest absolute Gasteiger partial charge is 0.0169 e. The molecule has 0 amide bonds. The molecule has 0 radical (unpaired) electrons. The molecule has 0 aliphatic heterocycles. The molecule has 172 valence electrons. The predicted molar refractivity (Wildman–Crippen MR) is 131 cm³/mol. The third-order valence-electron chi connectivity index (χ3n) is 12.6. The highest BCUT2D eigenvalue weighted by Crippen LogP contribution is 2.76. The first-order valence-corrected chi connectivity index (χ1v) is 13.6. The molecule has 9 atom stereocenters. The van der Waals surface area contributed by atoms with Crippen LogP contribution in [0.1, 0.15) is 120 Å². The van der Waals surface area contributed by atoms with Crippen LogP contribution in [0.5, 0.6) is 0 Å². The number of hydrogen-bond donors (Lipinski definition) is 0. The number of hydrogen-bond acceptors (Lipinski definition) is 0. The standard InChI is InChI=1S/C30H52/c1-10-12-20(3)23-14-17-30(9)26(23)21(4)19-25-28(7)16-13-22(11-2)27(5,6)24(28)15-18-29(25,30)8/h21-26H,3,10-19H2,1-2,4-9H3. The van der Waals surface area contributed by atoms with Crippen LogP contribution in [0.3, 0.4) is 0 Å². The lowest BCUT2D eigenvalue weighted by Gasteiger charge is -2.71. The zero-order valence-corrected chi connectivity index (χ0v) is 21.7. The van der Waals surface area contributed by atoms with Crippen molar-refractivity contribution in [3.8, 4) is 0 Å². The second-order valence-electron chi connectivity index (χ2n) is 13.7. The molecule has 30 heavy (non-hydrogen) atoms. The number of fused-ring (bicyclic) bond motifs is 5. The second-order valence-corrected chi connectivity index (χ2v) is 13.7. The Morgan fingerprint density at radius 1 is 0.867 bits per heavy atom. The Morgan fingerprint density at radius 2 is 1.53 bits per heavy atom. The highest BCUT2D eigenvalue weighted by atomic mass is 14.7. The fraction of sp³-hybridized carbons (Fsp3) is 0.933. The minimum atomic E-state index is 0.510. The highest BCUT2D eigenvalue weighted by molar-refractivity contribution is 5.21. The van der Waals surface area contributed by atoms with Gasteiger partial charge in [0.2, 0.25) is 0 Å². The van der Waals surface area contributed by atoms with Crippen LogP contribution in [-0.4, -0.2) is 0 Å². The van der Waals surface area contributed by atoms with Gasteiger partial charge < -0.3 is 0 Å². The number of rotatable bonds is 4. The Labute approximate surface area is 189 Å². The molecule has 9 unspecified atom stereocenters. The first kappa shape index (κ1) is 22.9. The van der Waals surface area contributed by atoms with Crippen LogP contribution in [0.15, 0.2) is 12.2 Å². The van der Waals surface area contributed by atoms with E-state index in [0.29, 0.717) is 21.7 Å². The van der Waals surface area contributed by atoms with Crippen LogP contribution in [0.25, 0.3) is 0 Å². The van der Waals surface area contributed by atoms with Gasteiger partial charge in [-0.3, -0.25) is 0 Å². The van der Waals surface area contributed by atoms with Gasteiger partial charge in [0.05, 0.1) is 0 Å². The van der Waals surface area contributed by atoms with Gasteiger partial charge in [0.25, 0.3) is 0 Å². The summed E-state index contributed by atoms with van der Waals surface area (Å²) in [5.41, 5.74) is 3.67. The maximum Gasteiger partial charge on any atom is -0.0169 e. The van der Waals surface area contributed by atoms with Crippen molar-refractivity contribution < 1.29 is 0 Å². The molecule has 4 aliphatic carbocycles. The van der Waals surface area contributed by atoms with Gasteiger partial charge in [-0.05, 0) is 109 Å². The maximum absolute atomic E-state index is 4.63. The van der Waals surface area contributed by atoms with Crippen LogP contribution in [0, 0.1) is 57.2 Å². The third-order valence-corrected chi connectivity index (χ3v) is 12.6. The van der Waals surface area contributed by atoms with Gasteiger partial charge in [-0.25, -0.2) is 0 Å². The summed E-state index contributed by atoms with van der Waals surface area (Å²) in [5, 5.41) is 0. The van der Waals surface area contributed by atoms with E-state index in [4.69, 9.17) is 0 Å². The van der Waals surface area contributed by atoms with Gasteiger partial charge in [-0.2, -0.15) is 0 Å². The SMILES string of the molecule is C=C(CCC)C1CCC2(C)C1C(C)CC1C3(C)CCC(CC)C(C)(C)C3CCC12C. The number of allylic oxidation sites excluding steroid dienone is 1. The normalized spacial score (nSPS) is 52.3. The Hall–Kier alpha value is -0.260. The lowest BCUT2D eigenvalue weighted by Crippen LogP contribution is -2.64.